The van der Waals surface area contributed by atoms with Gasteiger partial charge in [0.15, 0.2) is 0 Å². The monoisotopic (exact) mass is 285 g/mol. The van der Waals surface area contributed by atoms with Crippen LogP contribution in [0.3, 0.4) is 0 Å². The van der Waals surface area contributed by atoms with E-state index in [1.54, 1.807) is 12.1 Å². The lowest BCUT2D eigenvalue weighted by Gasteiger charge is -2.18. The Balaban J connectivity index is 2.68. The van der Waals surface area contributed by atoms with Crippen molar-refractivity contribution in [2.24, 2.45) is 0 Å². The van der Waals surface area contributed by atoms with E-state index in [2.05, 4.69) is 23.5 Å². The van der Waals surface area contributed by atoms with Gasteiger partial charge in [-0.2, -0.15) is 0 Å². The number of hydrogen-bond acceptors (Lipinski definition) is 4. The lowest BCUT2D eigenvalue weighted by molar-refractivity contribution is 0.309. The van der Waals surface area contributed by atoms with Crippen molar-refractivity contribution in [2.75, 3.05) is 31.9 Å². The molecule has 0 fully saturated rings. The maximum Gasteiger partial charge on any atom is 0.240 e. The topological polar surface area (TPSA) is 75.4 Å². The molecule has 1 aromatic rings. The Labute approximate surface area is 115 Å². The van der Waals surface area contributed by atoms with Crippen LogP contribution in [0.5, 0.6) is 0 Å². The molecule has 0 unspecified atom stereocenters. The summed E-state index contributed by atoms with van der Waals surface area (Å²) in [6, 6.07) is 4.79. The van der Waals surface area contributed by atoms with Gasteiger partial charge in [0.1, 0.15) is 0 Å². The summed E-state index contributed by atoms with van der Waals surface area (Å²) >= 11 is 0. The number of nitrogens with zero attached hydrogens (tertiary/aromatic N) is 1. The van der Waals surface area contributed by atoms with Crippen molar-refractivity contribution in [3.63, 3.8) is 0 Å². The predicted molar refractivity (Wildman–Crippen MR) is 78.6 cm³/mol. The number of hydrogen-bond donors (Lipinski definition) is 2. The normalized spacial score (nSPS) is 12.0. The number of nitrogen functional groups attached to an aromatic ring is 1. The first-order valence-corrected chi connectivity index (χ1v) is 7.97. The lowest BCUT2D eigenvalue weighted by Crippen LogP contribution is -2.34. The van der Waals surface area contributed by atoms with Gasteiger partial charge in [0.2, 0.25) is 10.0 Å². The second-order valence-corrected chi connectivity index (χ2v) is 6.21. The first-order chi connectivity index (χ1) is 8.90. The summed E-state index contributed by atoms with van der Waals surface area (Å²) in [5.41, 5.74) is 7.11. The summed E-state index contributed by atoms with van der Waals surface area (Å²) < 4.78 is 26.7. The van der Waals surface area contributed by atoms with Crippen LogP contribution < -0.4 is 10.5 Å². The molecule has 3 N–H and O–H groups in total. The van der Waals surface area contributed by atoms with E-state index in [0.717, 1.165) is 18.7 Å². The van der Waals surface area contributed by atoms with Crippen molar-refractivity contribution in [1.29, 1.82) is 0 Å². The maximum absolute atomic E-state index is 12.1. The Morgan fingerprint density at radius 1 is 1.26 bits per heavy atom. The van der Waals surface area contributed by atoms with Gasteiger partial charge < -0.3 is 10.6 Å². The lowest BCUT2D eigenvalue weighted by atomic mass is 10.2. The molecule has 1 aromatic carbocycles. The number of benzene rings is 1. The van der Waals surface area contributed by atoms with E-state index in [4.69, 9.17) is 5.73 Å². The highest BCUT2D eigenvalue weighted by atomic mass is 32.2. The number of sulfonamides is 1. The molecule has 0 aliphatic heterocycles. The summed E-state index contributed by atoms with van der Waals surface area (Å²) in [7, 11) is -3.47. The molecular weight excluding hydrogens is 262 g/mol. The summed E-state index contributed by atoms with van der Waals surface area (Å²) in [4.78, 5) is 2.38. The van der Waals surface area contributed by atoms with E-state index >= 15 is 0 Å². The molecular formula is C13H23N3O2S. The molecule has 6 heteroatoms. The molecule has 5 nitrogen and oxygen atoms in total. The molecule has 0 spiro atoms. The molecule has 0 radical (unpaired) electrons. The number of nitrogens with one attached hydrogen (secondary N) is 1. The van der Waals surface area contributed by atoms with Crippen molar-refractivity contribution in [2.45, 2.75) is 25.7 Å². The summed E-state index contributed by atoms with van der Waals surface area (Å²) in [5.74, 6) is 0. The fourth-order valence-electron chi connectivity index (χ4n) is 1.75. The molecule has 0 heterocycles. The Morgan fingerprint density at radius 2 is 1.89 bits per heavy atom. The van der Waals surface area contributed by atoms with Gasteiger partial charge in [-0.25, -0.2) is 13.1 Å². The minimum atomic E-state index is -3.47. The molecule has 0 aliphatic rings. The highest BCUT2D eigenvalue weighted by Crippen LogP contribution is 2.16. The minimum Gasteiger partial charge on any atom is -0.398 e. The fourth-order valence-corrected chi connectivity index (χ4v) is 2.80. The van der Waals surface area contributed by atoms with Crippen molar-refractivity contribution in [3.8, 4) is 0 Å². The van der Waals surface area contributed by atoms with Crippen LogP contribution in [0.25, 0.3) is 0 Å². The Hall–Kier alpha value is -1.11. The van der Waals surface area contributed by atoms with Gasteiger partial charge in [-0.3, -0.25) is 0 Å². The molecule has 0 saturated carbocycles. The van der Waals surface area contributed by atoms with E-state index in [-0.39, 0.29) is 4.90 Å². The summed E-state index contributed by atoms with van der Waals surface area (Å²) in [5, 5.41) is 0. The predicted octanol–water partition coefficient (Wildman–Crippen LogP) is 1.20. The van der Waals surface area contributed by atoms with Crippen molar-refractivity contribution < 1.29 is 8.42 Å². The maximum atomic E-state index is 12.1. The van der Waals surface area contributed by atoms with Crippen LogP contribution in [0.15, 0.2) is 23.1 Å². The Morgan fingerprint density at radius 3 is 2.42 bits per heavy atom. The zero-order chi connectivity index (χ0) is 14.5. The van der Waals surface area contributed by atoms with Gasteiger partial charge in [0, 0.05) is 18.8 Å². The smallest absolute Gasteiger partial charge is 0.240 e. The van der Waals surface area contributed by atoms with Crippen LogP contribution in [-0.4, -0.2) is 39.5 Å². The molecule has 19 heavy (non-hydrogen) atoms. The van der Waals surface area contributed by atoms with Gasteiger partial charge in [0.25, 0.3) is 0 Å². The molecule has 1 rings (SSSR count). The van der Waals surface area contributed by atoms with E-state index < -0.39 is 10.0 Å². The van der Waals surface area contributed by atoms with Gasteiger partial charge in [-0.15, -0.1) is 0 Å². The molecule has 108 valence electrons. The van der Waals surface area contributed by atoms with E-state index in [1.165, 1.54) is 6.07 Å². The average Bonchev–Trinajstić information content (AvgIpc) is 2.37. The zero-order valence-electron chi connectivity index (χ0n) is 11.8. The first kappa shape index (κ1) is 15.9. The zero-order valence-corrected chi connectivity index (χ0v) is 12.6. The van der Waals surface area contributed by atoms with Gasteiger partial charge >= 0.3 is 0 Å². The number of likely N-dealkylation sites (N-methyl/N-ethyl adjacent to an activating group) is 1. The third-order valence-corrected chi connectivity index (χ3v) is 4.63. The molecule has 0 aliphatic carbocycles. The van der Waals surface area contributed by atoms with Crippen molar-refractivity contribution >= 4 is 15.7 Å². The average molecular weight is 285 g/mol. The second-order valence-electron chi connectivity index (χ2n) is 4.44. The third kappa shape index (κ3) is 4.49. The van der Waals surface area contributed by atoms with Gasteiger partial charge in [-0.05, 0) is 37.7 Å². The fraction of sp³-hybridized carbons (Fsp3) is 0.538. The van der Waals surface area contributed by atoms with Gasteiger partial charge in [0.05, 0.1) is 4.90 Å². The Kier molecular flexibility index (Phi) is 5.78. The SMILES string of the molecule is CCN(CC)CCNS(=O)(=O)c1ccc(C)c(N)c1. The molecule has 0 aromatic heterocycles. The highest BCUT2D eigenvalue weighted by molar-refractivity contribution is 7.89. The second kappa shape index (κ2) is 6.88. The number of anilines is 1. The van der Waals surface area contributed by atoms with Crippen LogP contribution in [0.1, 0.15) is 19.4 Å². The van der Waals surface area contributed by atoms with Crippen LogP contribution in [-0.2, 0) is 10.0 Å². The Bertz CT molecular complexity index is 511. The number of nitrogens with two attached hydrogens (primary N) is 1. The molecule has 0 atom stereocenters. The molecule has 0 amide bonds. The molecule has 0 saturated heterocycles. The summed E-state index contributed by atoms with van der Waals surface area (Å²) in [6.45, 7) is 8.88. The first-order valence-electron chi connectivity index (χ1n) is 6.48. The summed E-state index contributed by atoms with van der Waals surface area (Å²) in [6.07, 6.45) is 0. The van der Waals surface area contributed by atoms with Crippen LogP contribution in [0.2, 0.25) is 0 Å². The number of rotatable bonds is 7. The van der Waals surface area contributed by atoms with E-state index in [1.807, 2.05) is 6.92 Å². The largest absolute Gasteiger partial charge is 0.398 e. The van der Waals surface area contributed by atoms with E-state index in [0.29, 0.717) is 18.8 Å². The quantitative estimate of drug-likeness (QED) is 0.738. The standard InChI is InChI=1S/C13H23N3O2S/c1-4-16(5-2)9-8-15-19(17,18)12-7-6-11(3)13(14)10-12/h6-7,10,15H,4-5,8-9,14H2,1-3H3. The number of aryl methyl sites for hydroxylation is 1. The van der Waals surface area contributed by atoms with Crippen molar-refractivity contribution in [1.82, 2.24) is 9.62 Å². The third-order valence-electron chi connectivity index (χ3n) is 3.18. The highest BCUT2D eigenvalue weighted by Gasteiger charge is 2.14. The minimum absolute atomic E-state index is 0.218. The van der Waals surface area contributed by atoms with Gasteiger partial charge in [-0.1, -0.05) is 19.9 Å². The van der Waals surface area contributed by atoms with Crippen molar-refractivity contribution in [3.05, 3.63) is 23.8 Å². The molecule has 0 bridgehead atoms. The van der Waals surface area contributed by atoms with Crippen LogP contribution >= 0.6 is 0 Å². The van der Waals surface area contributed by atoms with Crippen LogP contribution in [0.4, 0.5) is 5.69 Å². The van der Waals surface area contributed by atoms with E-state index in [9.17, 15) is 8.42 Å². The van der Waals surface area contributed by atoms with Crippen LogP contribution in [0, 0.1) is 6.92 Å².